The molecule has 0 bridgehead atoms. The Morgan fingerprint density at radius 3 is 2.50 bits per heavy atom. The second kappa shape index (κ2) is 7.92. The van der Waals surface area contributed by atoms with Gasteiger partial charge in [-0.05, 0) is 46.2 Å². The molecule has 1 aromatic carbocycles. The van der Waals surface area contributed by atoms with Crippen LogP contribution in [0, 0.1) is 0 Å². The molecule has 1 unspecified atom stereocenters. The van der Waals surface area contributed by atoms with Crippen molar-refractivity contribution in [3.8, 4) is 0 Å². The van der Waals surface area contributed by atoms with Gasteiger partial charge in [0.05, 0.1) is 6.61 Å². The predicted octanol–water partition coefficient (Wildman–Crippen LogP) is 3.72. The molecule has 2 atom stereocenters. The number of hydrogen-bond donors (Lipinski definition) is 0. The Hall–Kier alpha value is -1.69. The lowest BCUT2D eigenvalue weighted by molar-refractivity contribution is -0.148. The first-order valence-electron chi connectivity index (χ1n) is 8.18. The fourth-order valence-electron chi connectivity index (χ4n) is 2.56. The Morgan fingerprint density at radius 2 is 1.92 bits per heavy atom. The first kappa shape index (κ1) is 18.6. The Bertz CT molecular complexity index is 570. The molecule has 2 rings (SSSR count). The van der Waals surface area contributed by atoms with Gasteiger partial charge in [0.2, 0.25) is 0 Å². The third-order valence-electron chi connectivity index (χ3n) is 3.50. The van der Waals surface area contributed by atoms with Crippen molar-refractivity contribution in [2.45, 2.75) is 55.9 Å². The highest BCUT2D eigenvalue weighted by molar-refractivity contribution is 8.00. The van der Waals surface area contributed by atoms with Gasteiger partial charge in [0.25, 0.3) is 0 Å². The molecule has 6 heteroatoms. The molecule has 132 valence electrons. The number of amides is 1. The van der Waals surface area contributed by atoms with Crippen LogP contribution in [0.4, 0.5) is 4.79 Å². The van der Waals surface area contributed by atoms with Gasteiger partial charge < -0.3 is 9.47 Å². The van der Waals surface area contributed by atoms with Crippen molar-refractivity contribution in [3.05, 3.63) is 30.3 Å². The summed E-state index contributed by atoms with van der Waals surface area (Å²) >= 11 is 1.67. The van der Waals surface area contributed by atoms with Crippen molar-refractivity contribution in [2.24, 2.45) is 0 Å². The first-order chi connectivity index (χ1) is 11.3. The Morgan fingerprint density at radius 1 is 1.25 bits per heavy atom. The number of hydrogen-bond acceptors (Lipinski definition) is 5. The number of ether oxygens (including phenoxy) is 2. The van der Waals surface area contributed by atoms with E-state index in [-0.39, 0.29) is 11.2 Å². The molecule has 0 N–H and O–H groups in total. The average Bonchev–Trinajstić information content (AvgIpc) is 2.91. The van der Waals surface area contributed by atoms with E-state index in [0.29, 0.717) is 19.6 Å². The van der Waals surface area contributed by atoms with E-state index in [1.165, 1.54) is 4.90 Å². The van der Waals surface area contributed by atoms with Gasteiger partial charge in [-0.2, -0.15) is 0 Å². The largest absolute Gasteiger partial charge is 0.464 e. The fraction of sp³-hybridized carbons (Fsp3) is 0.556. The molecule has 1 heterocycles. The fourth-order valence-corrected chi connectivity index (χ4v) is 3.77. The van der Waals surface area contributed by atoms with Gasteiger partial charge in [-0.1, -0.05) is 18.2 Å². The summed E-state index contributed by atoms with van der Waals surface area (Å²) in [7, 11) is 0. The van der Waals surface area contributed by atoms with E-state index in [1.807, 2.05) is 51.1 Å². The van der Waals surface area contributed by atoms with Crippen molar-refractivity contribution in [1.82, 2.24) is 4.90 Å². The van der Waals surface area contributed by atoms with E-state index < -0.39 is 17.7 Å². The Balaban J connectivity index is 2.10. The van der Waals surface area contributed by atoms with Gasteiger partial charge in [-0.25, -0.2) is 9.59 Å². The Labute approximate surface area is 147 Å². The zero-order valence-corrected chi connectivity index (χ0v) is 15.5. The molecule has 5 nitrogen and oxygen atoms in total. The quantitative estimate of drug-likeness (QED) is 0.774. The van der Waals surface area contributed by atoms with Crippen LogP contribution >= 0.6 is 11.8 Å². The highest BCUT2D eigenvalue weighted by atomic mass is 32.2. The maximum Gasteiger partial charge on any atom is 0.411 e. The second-order valence-corrected chi connectivity index (χ2v) is 8.06. The van der Waals surface area contributed by atoms with Gasteiger partial charge in [0.1, 0.15) is 11.6 Å². The van der Waals surface area contributed by atoms with Crippen molar-refractivity contribution < 1.29 is 19.1 Å². The lowest BCUT2D eigenvalue weighted by atomic mass is 10.2. The van der Waals surface area contributed by atoms with Crippen LogP contribution in [0.25, 0.3) is 0 Å². The molecule has 0 radical (unpaired) electrons. The minimum atomic E-state index is -0.596. The normalized spacial score (nSPS) is 20.8. The van der Waals surface area contributed by atoms with E-state index in [1.54, 1.807) is 18.7 Å². The topological polar surface area (TPSA) is 55.8 Å². The van der Waals surface area contributed by atoms with Crippen LogP contribution in [0.2, 0.25) is 0 Å². The van der Waals surface area contributed by atoms with Crippen molar-refractivity contribution >= 4 is 23.8 Å². The summed E-state index contributed by atoms with van der Waals surface area (Å²) in [6, 6.07) is 9.39. The molecule has 24 heavy (non-hydrogen) atoms. The maximum absolute atomic E-state index is 12.5. The van der Waals surface area contributed by atoms with E-state index in [4.69, 9.17) is 9.47 Å². The molecular formula is C18H25NO4S. The lowest BCUT2D eigenvalue weighted by Gasteiger charge is -2.27. The lowest BCUT2D eigenvalue weighted by Crippen LogP contribution is -2.44. The molecule has 1 fully saturated rings. The van der Waals surface area contributed by atoms with Crippen molar-refractivity contribution in [3.63, 3.8) is 0 Å². The summed E-state index contributed by atoms with van der Waals surface area (Å²) in [6.07, 6.45) is 0.106. The van der Waals surface area contributed by atoms with Gasteiger partial charge in [0, 0.05) is 16.7 Å². The van der Waals surface area contributed by atoms with Gasteiger partial charge in [0.15, 0.2) is 0 Å². The van der Waals surface area contributed by atoms with Gasteiger partial charge >= 0.3 is 12.1 Å². The monoisotopic (exact) mass is 351 g/mol. The van der Waals surface area contributed by atoms with Gasteiger partial charge in [-0.3, -0.25) is 4.90 Å². The predicted molar refractivity (Wildman–Crippen MR) is 94.1 cm³/mol. The molecule has 0 spiro atoms. The zero-order valence-electron chi connectivity index (χ0n) is 14.7. The number of benzene rings is 1. The molecular weight excluding hydrogens is 326 g/mol. The summed E-state index contributed by atoms with van der Waals surface area (Å²) in [5.41, 5.74) is -0.596. The third-order valence-corrected chi connectivity index (χ3v) is 4.71. The number of esters is 1. The number of rotatable bonds is 4. The van der Waals surface area contributed by atoms with Crippen LogP contribution in [0.15, 0.2) is 35.2 Å². The summed E-state index contributed by atoms with van der Waals surface area (Å²) in [5.74, 6) is -0.362. The standard InChI is InChI=1S/C18H25NO4S/c1-5-22-16(20)15-11-14(24-13-9-7-6-8-10-13)12-19(15)17(21)23-18(2,3)4/h6-10,14-15H,5,11-12H2,1-4H3/t14?,15-/m0/s1. The number of thioether (sulfide) groups is 1. The summed E-state index contributed by atoms with van der Waals surface area (Å²) < 4.78 is 10.6. The van der Waals surface area contributed by atoms with E-state index in [0.717, 1.165) is 4.90 Å². The first-order valence-corrected chi connectivity index (χ1v) is 9.06. The number of carbonyl (C=O) groups excluding carboxylic acids is 2. The maximum atomic E-state index is 12.5. The van der Waals surface area contributed by atoms with Crippen LogP contribution in [0.5, 0.6) is 0 Å². The number of carbonyl (C=O) groups is 2. The molecule has 1 aromatic rings. The number of likely N-dealkylation sites (tertiary alicyclic amines) is 1. The smallest absolute Gasteiger partial charge is 0.411 e. The molecule has 1 amide bonds. The van der Waals surface area contributed by atoms with Crippen LogP contribution < -0.4 is 0 Å². The molecule has 0 aliphatic carbocycles. The summed E-state index contributed by atoms with van der Waals surface area (Å²) in [4.78, 5) is 27.3. The molecule has 0 aromatic heterocycles. The Kier molecular flexibility index (Phi) is 6.15. The zero-order chi connectivity index (χ0) is 17.7. The highest BCUT2D eigenvalue weighted by Gasteiger charge is 2.42. The highest BCUT2D eigenvalue weighted by Crippen LogP contribution is 2.34. The molecule has 1 aliphatic heterocycles. The summed E-state index contributed by atoms with van der Waals surface area (Å²) in [6.45, 7) is 7.98. The molecule has 0 saturated carbocycles. The van der Waals surface area contributed by atoms with E-state index >= 15 is 0 Å². The molecule has 1 saturated heterocycles. The second-order valence-electron chi connectivity index (χ2n) is 6.69. The molecule has 1 aliphatic rings. The van der Waals surface area contributed by atoms with Crippen molar-refractivity contribution in [1.29, 1.82) is 0 Å². The number of nitrogens with zero attached hydrogens (tertiary/aromatic N) is 1. The average molecular weight is 351 g/mol. The minimum absolute atomic E-state index is 0.134. The van der Waals surface area contributed by atoms with E-state index in [9.17, 15) is 9.59 Å². The van der Waals surface area contributed by atoms with E-state index in [2.05, 4.69) is 0 Å². The van der Waals surface area contributed by atoms with Crippen LogP contribution in [0.3, 0.4) is 0 Å². The minimum Gasteiger partial charge on any atom is -0.464 e. The van der Waals surface area contributed by atoms with Gasteiger partial charge in [-0.15, -0.1) is 11.8 Å². The van der Waals surface area contributed by atoms with Crippen LogP contribution in [-0.2, 0) is 14.3 Å². The van der Waals surface area contributed by atoms with Crippen LogP contribution in [0.1, 0.15) is 34.1 Å². The SMILES string of the molecule is CCOC(=O)[C@@H]1CC(Sc2ccccc2)CN1C(=O)OC(C)(C)C. The van der Waals surface area contributed by atoms with Crippen LogP contribution in [-0.4, -0.2) is 47.0 Å². The summed E-state index contributed by atoms with van der Waals surface area (Å²) in [5, 5.41) is 0.134. The van der Waals surface area contributed by atoms with Crippen molar-refractivity contribution in [2.75, 3.05) is 13.2 Å². The third kappa shape index (κ3) is 5.16.